The van der Waals surface area contributed by atoms with Gasteiger partial charge in [-0.1, -0.05) is 61.0 Å². The summed E-state index contributed by atoms with van der Waals surface area (Å²) in [4.78, 5) is 9.61. The number of hydrogen-bond donors (Lipinski definition) is 0. The molecule has 1 aliphatic rings. The molecule has 5 heteroatoms. The summed E-state index contributed by atoms with van der Waals surface area (Å²) in [6.07, 6.45) is 3.17. The molecule has 0 bridgehead atoms. The molecule has 2 heterocycles. The second-order valence-corrected chi connectivity index (χ2v) is 7.78. The summed E-state index contributed by atoms with van der Waals surface area (Å²) >= 11 is 0. The topological polar surface area (TPSA) is 45.4 Å². The van der Waals surface area contributed by atoms with Crippen molar-refractivity contribution in [3.63, 3.8) is 0 Å². The molecule has 0 radical (unpaired) electrons. The van der Waals surface area contributed by atoms with E-state index in [1.54, 1.807) is 0 Å². The van der Waals surface area contributed by atoms with Crippen LogP contribution in [0.1, 0.15) is 50.0 Å². The lowest BCUT2D eigenvalue weighted by molar-refractivity contribution is 0.0847. The molecule has 1 aromatic heterocycles. The van der Waals surface area contributed by atoms with Crippen LogP contribution in [0.15, 0.2) is 47.0 Å². The number of benzene rings is 2. The molecule has 1 saturated heterocycles. The standard InChI is InChI=1S/C23H30N4O/c1-3-4-12-22-24-23(28-25-22)18(2)27-15-13-26(14-16-27)17-20-10-7-9-19-8-5-6-11-21(19)20/h5-11,18H,3-4,12-17H2,1-2H3. The van der Waals surface area contributed by atoms with Gasteiger partial charge in [0.1, 0.15) is 0 Å². The van der Waals surface area contributed by atoms with Gasteiger partial charge in [-0.15, -0.1) is 0 Å². The predicted octanol–water partition coefficient (Wildman–Crippen LogP) is 4.44. The van der Waals surface area contributed by atoms with E-state index in [1.807, 2.05) is 0 Å². The fourth-order valence-corrected chi connectivity index (χ4v) is 4.01. The molecule has 1 aliphatic heterocycles. The average molecular weight is 379 g/mol. The smallest absolute Gasteiger partial charge is 0.243 e. The highest BCUT2D eigenvalue weighted by molar-refractivity contribution is 5.85. The van der Waals surface area contributed by atoms with Gasteiger partial charge in [-0.25, -0.2) is 0 Å². The molecule has 0 spiro atoms. The van der Waals surface area contributed by atoms with Crippen LogP contribution in [0.25, 0.3) is 10.8 Å². The molecule has 0 amide bonds. The third-order valence-corrected chi connectivity index (χ3v) is 5.82. The summed E-state index contributed by atoms with van der Waals surface area (Å²) in [5.41, 5.74) is 1.41. The molecule has 4 rings (SSSR count). The third kappa shape index (κ3) is 4.26. The van der Waals surface area contributed by atoms with Crippen molar-refractivity contribution in [2.75, 3.05) is 26.2 Å². The molecule has 2 aromatic carbocycles. The Kier molecular flexibility index (Phi) is 6.03. The highest BCUT2D eigenvalue weighted by Gasteiger charge is 2.25. The van der Waals surface area contributed by atoms with E-state index in [-0.39, 0.29) is 6.04 Å². The number of fused-ring (bicyclic) bond motifs is 1. The minimum absolute atomic E-state index is 0.183. The van der Waals surface area contributed by atoms with Crippen molar-refractivity contribution < 1.29 is 4.52 Å². The van der Waals surface area contributed by atoms with E-state index >= 15 is 0 Å². The molecular formula is C23H30N4O. The van der Waals surface area contributed by atoms with Crippen LogP contribution in [0.5, 0.6) is 0 Å². The molecule has 0 saturated carbocycles. The summed E-state index contributed by atoms with van der Waals surface area (Å²) < 4.78 is 5.53. The Hall–Kier alpha value is -2.24. The SMILES string of the molecule is CCCCc1noc(C(C)N2CCN(Cc3cccc4ccccc34)CC2)n1. The second kappa shape index (κ2) is 8.84. The maximum absolute atomic E-state index is 5.53. The van der Waals surface area contributed by atoms with Gasteiger partial charge in [0.15, 0.2) is 5.82 Å². The zero-order valence-electron chi connectivity index (χ0n) is 17.0. The maximum atomic E-state index is 5.53. The number of hydrogen-bond acceptors (Lipinski definition) is 5. The molecule has 3 aromatic rings. The van der Waals surface area contributed by atoms with Crippen molar-refractivity contribution in [2.45, 2.75) is 45.7 Å². The normalized spacial score (nSPS) is 17.2. The van der Waals surface area contributed by atoms with E-state index in [1.165, 1.54) is 16.3 Å². The lowest BCUT2D eigenvalue weighted by Crippen LogP contribution is -2.46. The van der Waals surface area contributed by atoms with Crippen LogP contribution in [-0.4, -0.2) is 46.1 Å². The Bertz CT molecular complexity index is 893. The molecule has 0 N–H and O–H groups in total. The molecule has 28 heavy (non-hydrogen) atoms. The molecule has 148 valence electrons. The number of rotatable bonds is 7. The van der Waals surface area contributed by atoms with Crippen molar-refractivity contribution in [3.05, 3.63) is 59.7 Å². The van der Waals surface area contributed by atoms with Gasteiger partial charge in [0.25, 0.3) is 0 Å². The van der Waals surface area contributed by atoms with Crippen LogP contribution in [0.2, 0.25) is 0 Å². The Morgan fingerprint density at radius 1 is 1.04 bits per heavy atom. The van der Waals surface area contributed by atoms with Crippen LogP contribution >= 0.6 is 0 Å². The van der Waals surface area contributed by atoms with Crippen LogP contribution in [0, 0.1) is 0 Å². The van der Waals surface area contributed by atoms with Gasteiger partial charge >= 0.3 is 0 Å². The number of aromatic nitrogens is 2. The number of piperazine rings is 1. The Labute approximate surface area is 167 Å². The van der Waals surface area contributed by atoms with Gasteiger partial charge in [0.05, 0.1) is 6.04 Å². The predicted molar refractivity (Wildman–Crippen MR) is 112 cm³/mol. The van der Waals surface area contributed by atoms with Gasteiger partial charge in [-0.2, -0.15) is 4.98 Å². The van der Waals surface area contributed by atoms with Gasteiger partial charge in [-0.05, 0) is 29.7 Å². The largest absolute Gasteiger partial charge is 0.338 e. The van der Waals surface area contributed by atoms with Gasteiger partial charge in [0, 0.05) is 39.1 Å². The third-order valence-electron chi connectivity index (χ3n) is 5.82. The van der Waals surface area contributed by atoms with E-state index in [0.29, 0.717) is 0 Å². The maximum Gasteiger partial charge on any atom is 0.243 e. The van der Waals surface area contributed by atoms with E-state index in [9.17, 15) is 0 Å². The van der Waals surface area contributed by atoms with E-state index in [0.717, 1.165) is 63.7 Å². The second-order valence-electron chi connectivity index (χ2n) is 7.78. The number of aryl methyl sites for hydroxylation is 1. The first-order valence-corrected chi connectivity index (χ1v) is 10.5. The van der Waals surface area contributed by atoms with Crippen LogP contribution in [0.4, 0.5) is 0 Å². The minimum atomic E-state index is 0.183. The van der Waals surface area contributed by atoms with E-state index in [2.05, 4.69) is 76.3 Å². The zero-order chi connectivity index (χ0) is 19.3. The molecule has 1 fully saturated rings. The van der Waals surface area contributed by atoms with Crippen LogP contribution in [0.3, 0.4) is 0 Å². The first-order valence-electron chi connectivity index (χ1n) is 10.5. The molecule has 0 aliphatic carbocycles. The molecule has 5 nitrogen and oxygen atoms in total. The van der Waals surface area contributed by atoms with Crippen molar-refractivity contribution in [1.29, 1.82) is 0 Å². The Morgan fingerprint density at radius 2 is 1.82 bits per heavy atom. The molecular weight excluding hydrogens is 348 g/mol. The summed E-state index contributed by atoms with van der Waals surface area (Å²) in [6.45, 7) is 9.54. The summed E-state index contributed by atoms with van der Waals surface area (Å²) in [6, 6.07) is 15.5. The highest BCUT2D eigenvalue weighted by Crippen LogP contribution is 2.23. The quantitative estimate of drug-likeness (QED) is 0.608. The van der Waals surface area contributed by atoms with Gasteiger partial charge < -0.3 is 4.52 Å². The fraction of sp³-hybridized carbons (Fsp3) is 0.478. The van der Waals surface area contributed by atoms with Crippen molar-refractivity contribution >= 4 is 10.8 Å². The monoisotopic (exact) mass is 378 g/mol. The lowest BCUT2D eigenvalue weighted by Gasteiger charge is -2.37. The first-order chi connectivity index (χ1) is 13.7. The average Bonchev–Trinajstić information content (AvgIpc) is 3.21. The number of nitrogens with zero attached hydrogens (tertiary/aromatic N) is 4. The van der Waals surface area contributed by atoms with E-state index in [4.69, 9.17) is 4.52 Å². The molecule has 1 unspecified atom stereocenters. The van der Waals surface area contributed by atoms with Crippen molar-refractivity contribution in [2.24, 2.45) is 0 Å². The Balaban J connectivity index is 1.34. The summed E-state index contributed by atoms with van der Waals surface area (Å²) in [7, 11) is 0. The van der Waals surface area contributed by atoms with Gasteiger partial charge in [-0.3, -0.25) is 9.80 Å². The van der Waals surface area contributed by atoms with Gasteiger partial charge in [0.2, 0.25) is 5.89 Å². The van der Waals surface area contributed by atoms with Crippen LogP contribution in [-0.2, 0) is 13.0 Å². The fourth-order valence-electron chi connectivity index (χ4n) is 4.01. The van der Waals surface area contributed by atoms with Crippen LogP contribution < -0.4 is 0 Å². The van der Waals surface area contributed by atoms with Crippen molar-refractivity contribution in [3.8, 4) is 0 Å². The van der Waals surface area contributed by atoms with E-state index < -0.39 is 0 Å². The Morgan fingerprint density at radius 3 is 2.64 bits per heavy atom. The highest BCUT2D eigenvalue weighted by atomic mass is 16.5. The molecule has 1 atom stereocenters. The lowest BCUT2D eigenvalue weighted by atomic mass is 10.0. The summed E-state index contributed by atoms with van der Waals surface area (Å²) in [5.74, 6) is 1.60. The first kappa shape index (κ1) is 19.1. The summed E-state index contributed by atoms with van der Waals surface area (Å²) in [5, 5.41) is 6.83. The zero-order valence-corrected chi connectivity index (χ0v) is 17.0. The minimum Gasteiger partial charge on any atom is -0.338 e. The number of unbranched alkanes of at least 4 members (excludes halogenated alkanes) is 1. The van der Waals surface area contributed by atoms with Crippen molar-refractivity contribution in [1.82, 2.24) is 19.9 Å².